The van der Waals surface area contributed by atoms with Crippen molar-refractivity contribution in [1.29, 1.82) is 0 Å². The van der Waals surface area contributed by atoms with Gasteiger partial charge >= 0.3 is 0 Å². The quantitative estimate of drug-likeness (QED) is 0.884. The molecule has 2 aromatic carbocycles. The number of para-hydroxylation sites is 2. The van der Waals surface area contributed by atoms with Crippen molar-refractivity contribution in [2.45, 2.75) is 38.6 Å². The molecule has 3 atom stereocenters. The molecule has 0 radical (unpaired) electrons. The molecule has 0 unspecified atom stereocenters. The lowest BCUT2D eigenvalue weighted by molar-refractivity contribution is -0.125. The number of nitrogens with one attached hydrogen (secondary N) is 1. The second-order valence-electron chi connectivity index (χ2n) is 7.37. The molecule has 6 heteroatoms. The fraction of sp³-hybridized carbons (Fsp3) is 0.364. The van der Waals surface area contributed by atoms with Crippen LogP contribution in [0.4, 0.5) is 11.4 Å². The minimum absolute atomic E-state index is 0.146. The predicted octanol–water partition coefficient (Wildman–Crippen LogP) is 3.43. The molecule has 0 spiro atoms. The maximum absolute atomic E-state index is 12.8. The number of ether oxygens (including phenoxy) is 1. The first-order chi connectivity index (χ1) is 13.6. The summed E-state index contributed by atoms with van der Waals surface area (Å²) in [5.74, 6) is -0.184. The summed E-state index contributed by atoms with van der Waals surface area (Å²) in [5.41, 5.74) is 3.56. The van der Waals surface area contributed by atoms with E-state index in [0.717, 1.165) is 35.7 Å². The summed E-state index contributed by atoms with van der Waals surface area (Å²) >= 11 is 0. The molecule has 28 heavy (non-hydrogen) atoms. The average Bonchev–Trinajstić information content (AvgIpc) is 3.19. The lowest BCUT2D eigenvalue weighted by Gasteiger charge is -2.37. The van der Waals surface area contributed by atoms with E-state index in [1.165, 1.54) is 0 Å². The Morgan fingerprint density at radius 2 is 1.71 bits per heavy atom. The van der Waals surface area contributed by atoms with Crippen molar-refractivity contribution in [3.05, 3.63) is 60.2 Å². The van der Waals surface area contributed by atoms with Crippen molar-refractivity contribution in [3.8, 4) is 0 Å². The van der Waals surface area contributed by atoms with Gasteiger partial charge in [0, 0.05) is 19.5 Å². The third kappa shape index (κ3) is 4.02. The number of anilines is 2. The lowest BCUT2D eigenvalue weighted by atomic mass is 10.0. The van der Waals surface area contributed by atoms with E-state index in [0.29, 0.717) is 6.42 Å². The molecule has 2 aliphatic rings. The number of hydrogen-bond donors (Lipinski definition) is 1. The van der Waals surface area contributed by atoms with Gasteiger partial charge in [0.25, 0.3) is 5.91 Å². The van der Waals surface area contributed by atoms with Gasteiger partial charge in [0.15, 0.2) is 0 Å². The van der Waals surface area contributed by atoms with E-state index in [2.05, 4.69) is 29.2 Å². The number of carbonyl (C=O) groups excluding carboxylic acids is 1. The number of rotatable bonds is 4. The molecular formula is C22H25N3O3. The zero-order chi connectivity index (χ0) is 19.5. The van der Waals surface area contributed by atoms with E-state index in [1.54, 1.807) is 0 Å². The van der Waals surface area contributed by atoms with Crippen molar-refractivity contribution in [1.82, 2.24) is 0 Å². The average molecular weight is 379 g/mol. The monoisotopic (exact) mass is 379 g/mol. The third-order valence-electron chi connectivity index (χ3n) is 4.99. The Balaban J connectivity index is 1.45. The maximum atomic E-state index is 12.8. The molecule has 2 aromatic rings. The van der Waals surface area contributed by atoms with E-state index in [1.807, 2.05) is 54.6 Å². The molecule has 0 aliphatic carbocycles. The minimum Gasteiger partial charge on any atom is -0.382 e. The standard InChI is InChI=1S/C22H25N3O3/c1-15-13-25(14-16(2)27-15)20-11-7-6-10-18(20)23-22(26)21-12-19(24-28-21)17-8-4-3-5-9-17/h3-11,15-16,21H,12-14H2,1-2H3,(H,23,26)/t15-,16-,21+/m1/s1. The summed E-state index contributed by atoms with van der Waals surface area (Å²) < 4.78 is 5.83. The molecule has 1 fully saturated rings. The highest BCUT2D eigenvalue weighted by molar-refractivity contribution is 6.06. The van der Waals surface area contributed by atoms with Gasteiger partial charge < -0.3 is 19.8 Å². The number of nitrogens with zero attached hydrogens (tertiary/aromatic N) is 2. The van der Waals surface area contributed by atoms with Gasteiger partial charge in [-0.2, -0.15) is 0 Å². The van der Waals surface area contributed by atoms with Gasteiger partial charge in [-0.25, -0.2) is 0 Å². The first-order valence-corrected chi connectivity index (χ1v) is 9.68. The Kier molecular flexibility index (Phi) is 5.30. The van der Waals surface area contributed by atoms with Crippen LogP contribution in [0.15, 0.2) is 59.8 Å². The highest BCUT2D eigenvalue weighted by Crippen LogP contribution is 2.29. The Morgan fingerprint density at radius 3 is 2.46 bits per heavy atom. The fourth-order valence-electron chi connectivity index (χ4n) is 3.76. The van der Waals surface area contributed by atoms with Crippen LogP contribution in [0.25, 0.3) is 0 Å². The molecule has 0 bridgehead atoms. The number of oxime groups is 1. The minimum atomic E-state index is -0.620. The number of hydrogen-bond acceptors (Lipinski definition) is 5. The summed E-state index contributed by atoms with van der Waals surface area (Å²) in [6, 6.07) is 17.7. The zero-order valence-electron chi connectivity index (χ0n) is 16.2. The molecule has 1 saturated heterocycles. The molecule has 2 heterocycles. The van der Waals surface area contributed by atoms with Crippen molar-refractivity contribution in [2.75, 3.05) is 23.3 Å². The highest BCUT2D eigenvalue weighted by atomic mass is 16.6. The summed E-state index contributed by atoms with van der Waals surface area (Å²) in [6.45, 7) is 5.72. The number of carbonyl (C=O) groups is 1. The van der Waals surface area contributed by atoms with Crippen LogP contribution in [0.5, 0.6) is 0 Å². The van der Waals surface area contributed by atoms with Gasteiger partial charge in [-0.15, -0.1) is 0 Å². The summed E-state index contributed by atoms with van der Waals surface area (Å²) in [7, 11) is 0. The predicted molar refractivity (Wildman–Crippen MR) is 110 cm³/mol. The Bertz CT molecular complexity index is 858. The van der Waals surface area contributed by atoms with Crippen molar-refractivity contribution >= 4 is 23.0 Å². The molecule has 6 nitrogen and oxygen atoms in total. The second kappa shape index (κ2) is 8.02. The Labute approximate surface area is 165 Å². The number of benzene rings is 2. The largest absolute Gasteiger partial charge is 0.382 e. The summed E-state index contributed by atoms with van der Waals surface area (Å²) in [6.07, 6.45) is 0.134. The van der Waals surface area contributed by atoms with Crippen molar-refractivity contribution in [3.63, 3.8) is 0 Å². The highest BCUT2D eigenvalue weighted by Gasteiger charge is 2.30. The molecule has 4 rings (SSSR count). The topological polar surface area (TPSA) is 63.2 Å². The van der Waals surface area contributed by atoms with Gasteiger partial charge in [-0.05, 0) is 31.5 Å². The molecule has 1 amide bonds. The van der Waals surface area contributed by atoms with Gasteiger partial charge in [-0.3, -0.25) is 4.79 Å². The van der Waals surface area contributed by atoms with Crippen LogP contribution in [0.2, 0.25) is 0 Å². The smallest absolute Gasteiger partial charge is 0.268 e. The molecule has 146 valence electrons. The lowest BCUT2D eigenvalue weighted by Crippen LogP contribution is -2.45. The van der Waals surface area contributed by atoms with Gasteiger partial charge in [0.1, 0.15) is 0 Å². The van der Waals surface area contributed by atoms with Crippen molar-refractivity contribution < 1.29 is 14.4 Å². The first-order valence-electron chi connectivity index (χ1n) is 9.68. The van der Waals surface area contributed by atoms with Crippen LogP contribution < -0.4 is 10.2 Å². The molecule has 0 saturated carbocycles. The normalized spacial score (nSPS) is 24.4. The fourth-order valence-corrected chi connectivity index (χ4v) is 3.76. The van der Waals surface area contributed by atoms with Crippen LogP contribution in [0.3, 0.4) is 0 Å². The van der Waals surface area contributed by atoms with Gasteiger partial charge in [0.05, 0.1) is 29.3 Å². The third-order valence-corrected chi connectivity index (χ3v) is 4.99. The van der Waals surface area contributed by atoms with Crippen LogP contribution in [0, 0.1) is 0 Å². The zero-order valence-corrected chi connectivity index (χ0v) is 16.2. The molecule has 0 aromatic heterocycles. The Hall–Kier alpha value is -2.86. The van der Waals surface area contributed by atoms with Crippen LogP contribution in [-0.4, -0.2) is 43.0 Å². The van der Waals surface area contributed by atoms with E-state index in [9.17, 15) is 4.79 Å². The maximum Gasteiger partial charge on any atom is 0.268 e. The van der Waals surface area contributed by atoms with E-state index < -0.39 is 6.10 Å². The SMILES string of the molecule is C[C@@H]1CN(c2ccccc2NC(=O)[C@@H]2CC(c3ccccc3)=NO2)C[C@@H](C)O1. The molecule has 1 N–H and O–H groups in total. The Morgan fingerprint density at radius 1 is 1.04 bits per heavy atom. The summed E-state index contributed by atoms with van der Waals surface area (Å²) in [4.78, 5) is 20.5. The van der Waals surface area contributed by atoms with Crippen LogP contribution >= 0.6 is 0 Å². The van der Waals surface area contributed by atoms with E-state index >= 15 is 0 Å². The second-order valence-corrected chi connectivity index (χ2v) is 7.37. The van der Waals surface area contributed by atoms with E-state index in [-0.39, 0.29) is 18.1 Å². The van der Waals surface area contributed by atoms with Gasteiger partial charge in [0.2, 0.25) is 6.10 Å². The van der Waals surface area contributed by atoms with Crippen molar-refractivity contribution in [2.24, 2.45) is 5.16 Å². The van der Waals surface area contributed by atoms with Crippen LogP contribution in [0.1, 0.15) is 25.8 Å². The van der Waals surface area contributed by atoms with Gasteiger partial charge in [-0.1, -0.05) is 47.6 Å². The number of morpholine rings is 1. The first kappa shape index (κ1) is 18.5. The summed E-state index contributed by atoms with van der Waals surface area (Å²) in [5, 5.41) is 7.14. The van der Waals surface area contributed by atoms with Crippen LogP contribution in [-0.2, 0) is 14.4 Å². The number of amides is 1. The molecular weight excluding hydrogens is 354 g/mol. The molecule has 2 aliphatic heterocycles. The van der Waals surface area contributed by atoms with E-state index in [4.69, 9.17) is 9.57 Å².